The molecule has 0 bridgehead atoms. The standard InChI is InChI=1S/C23H22N2O4S/c1-17-12-14-19(15-13-17)30(27,28)25-16-22(29-21-11-7-6-10-20(21)25)23(26)24(2)18-8-4-3-5-9-18/h3-15,22H,16H2,1-2H3/t22-/m0/s1. The Kier molecular flexibility index (Phi) is 5.22. The van der Waals surface area contributed by atoms with Gasteiger partial charge in [-0.05, 0) is 43.3 Å². The van der Waals surface area contributed by atoms with Gasteiger partial charge in [-0.3, -0.25) is 9.10 Å². The summed E-state index contributed by atoms with van der Waals surface area (Å²) in [4.78, 5) is 14.8. The zero-order valence-corrected chi connectivity index (χ0v) is 17.5. The van der Waals surface area contributed by atoms with Crippen LogP contribution in [0.25, 0.3) is 0 Å². The van der Waals surface area contributed by atoms with Crippen LogP contribution in [0.5, 0.6) is 5.75 Å². The zero-order valence-electron chi connectivity index (χ0n) is 16.7. The molecule has 3 aromatic carbocycles. The van der Waals surface area contributed by atoms with Crippen LogP contribution in [0.4, 0.5) is 11.4 Å². The van der Waals surface area contributed by atoms with Crippen molar-refractivity contribution in [3.8, 4) is 5.75 Å². The molecule has 0 saturated heterocycles. The first-order valence-electron chi connectivity index (χ1n) is 9.55. The molecular weight excluding hydrogens is 400 g/mol. The Balaban J connectivity index is 1.71. The highest BCUT2D eigenvalue weighted by Gasteiger charge is 2.38. The van der Waals surface area contributed by atoms with Crippen molar-refractivity contribution in [2.24, 2.45) is 0 Å². The lowest BCUT2D eigenvalue weighted by Gasteiger charge is -2.36. The van der Waals surface area contributed by atoms with Gasteiger partial charge in [-0.2, -0.15) is 0 Å². The maximum atomic E-state index is 13.4. The minimum absolute atomic E-state index is 0.108. The average molecular weight is 423 g/mol. The van der Waals surface area contributed by atoms with Gasteiger partial charge in [0.2, 0.25) is 0 Å². The first-order chi connectivity index (χ1) is 14.4. The fourth-order valence-corrected chi connectivity index (χ4v) is 4.87. The van der Waals surface area contributed by atoms with Gasteiger partial charge in [-0.25, -0.2) is 8.42 Å². The molecule has 0 fully saturated rings. The van der Waals surface area contributed by atoms with Crippen LogP contribution >= 0.6 is 0 Å². The van der Waals surface area contributed by atoms with Crippen molar-refractivity contribution < 1.29 is 17.9 Å². The Morgan fingerprint density at radius 1 is 0.967 bits per heavy atom. The molecule has 1 aliphatic rings. The fourth-order valence-electron chi connectivity index (χ4n) is 3.39. The summed E-state index contributed by atoms with van der Waals surface area (Å²) in [5, 5.41) is 0. The van der Waals surface area contributed by atoms with E-state index < -0.39 is 16.1 Å². The Labute approximate surface area is 176 Å². The van der Waals surface area contributed by atoms with Crippen molar-refractivity contribution in [2.75, 3.05) is 22.8 Å². The average Bonchev–Trinajstić information content (AvgIpc) is 2.78. The monoisotopic (exact) mass is 422 g/mol. The van der Waals surface area contributed by atoms with E-state index in [-0.39, 0.29) is 17.3 Å². The van der Waals surface area contributed by atoms with E-state index in [0.717, 1.165) is 5.56 Å². The molecule has 1 atom stereocenters. The number of nitrogens with zero attached hydrogens (tertiary/aromatic N) is 2. The third-order valence-electron chi connectivity index (χ3n) is 5.09. The normalized spacial score (nSPS) is 15.8. The summed E-state index contributed by atoms with van der Waals surface area (Å²) >= 11 is 0. The lowest BCUT2D eigenvalue weighted by atomic mass is 10.2. The van der Waals surface area contributed by atoms with Gasteiger partial charge in [-0.15, -0.1) is 0 Å². The molecule has 154 valence electrons. The molecular formula is C23H22N2O4S. The lowest BCUT2D eigenvalue weighted by Crippen LogP contribution is -2.51. The number of para-hydroxylation sites is 3. The quantitative estimate of drug-likeness (QED) is 0.644. The Morgan fingerprint density at radius 3 is 2.30 bits per heavy atom. The number of amides is 1. The molecule has 3 aromatic rings. The second-order valence-corrected chi connectivity index (χ2v) is 9.02. The number of carbonyl (C=O) groups excluding carboxylic acids is 1. The minimum atomic E-state index is -3.87. The highest BCUT2D eigenvalue weighted by atomic mass is 32.2. The van der Waals surface area contributed by atoms with E-state index in [2.05, 4.69) is 0 Å². The summed E-state index contributed by atoms with van der Waals surface area (Å²) in [7, 11) is -2.21. The first-order valence-corrected chi connectivity index (χ1v) is 11.0. The Hall–Kier alpha value is -3.32. The van der Waals surface area contributed by atoms with Gasteiger partial charge in [0.1, 0.15) is 5.75 Å². The molecule has 0 spiro atoms. The predicted octanol–water partition coefficient (Wildman–Crippen LogP) is 3.61. The van der Waals surface area contributed by atoms with E-state index in [1.165, 1.54) is 9.21 Å². The lowest BCUT2D eigenvalue weighted by molar-refractivity contribution is -0.124. The highest BCUT2D eigenvalue weighted by molar-refractivity contribution is 7.92. The number of ether oxygens (including phenoxy) is 1. The van der Waals surface area contributed by atoms with Crippen molar-refractivity contribution >= 4 is 27.3 Å². The number of carbonyl (C=O) groups is 1. The molecule has 6 nitrogen and oxygen atoms in total. The second kappa shape index (κ2) is 7.84. The van der Waals surface area contributed by atoms with Crippen molar-refractivity contribution in [3.05, 3.63) is 84.4 Å². The topological polar surface area (TPSA) is 66.9 Å². The van der Waals surface area contributed by atoms with Crippen LogP contribution in [0.2, 0.25) is 0 Å². The zero-order chi connectivity index (χ0) is 21.3. The Bertz CT molecular complexity index is 1160. The largest absolute Gasteiger partial charge is 0.476 e. The summed E-state index contributed by atoms with van der Waals surface area (Å²) < 4.78 is 34.0. The molecule has 7 heteroatoms. The molecule has 0 radical (unpaired) electrons. The number of sulfonamides is 1. The number of aryl methyl sites for hydroxylation is 1. The van der Waals surface area contributed by atoms with Gasteiger partial charge in [-0.1, -0.05) is 48.0 Å². The van der Waals surface area contributed by atoms with Crippen LogP contribution in [-0.2, 0) is 14.8 Å². The number of likely N-dealkylation sites (N-methyl/N-ethyl adjacent to an activating group) is 1. The van der Waals surface area contributed by atoms with Gasteiger partial charge in [0, 0.05) is 12.7 Å². The van der Waals surface area contributed by atoms with Gasteiger partial charge >= 0.3 is 0 Å². The molecule has 1 heterocycles. The van der Waals surface area contributed by atoms with Crippen LogP contribution in [0.3, 0.4) is 0 Å². The van der Waals surface area contributed by atoms with E-state index in [9.17, 15) is 13.2 Å². The molecule has 0 saturated carbocycles. The summed E-state index contributed by atoms with van der Waals surface area (Å²) in [5.41, 5.74) is 2.09. The first kappa shape index (κ1) is 20.0. The summed E-state index contributed by atoms with van der Waals surface area (Å²) in [6.07, 6.45) is -0.967. The van der Waals surface area contributed by atoms with Crippen molar-refractivity contribution in [2.45, 2.75) is 17.9 Å². The van der Waals surface area contributed by atoms with Gasteiger partial charge in [0.25, 0.3) is 15.9 Å². The molecule has 30 heavy (non-hydrogen) atoms. The van der Waals surface area contributed by atoms with Crippen molar-refractivity contribution in [1.29, 1.82) is 0 Å². The Morgan fingerprint density at radius 2 is 1.60 bits per heavy atom. The third kappa shape index (κ3) is 3.64. The molecule has 0 aliphatic carbocycles. The van der Waals surface area contributed by atoms with E-state index in [1.807, 2.05) is 37.3 Å². The van der Waals surface area contributed by atoms with E-state index in [1.54, 1.807) is 55.6 Å². The molecule has 1 aliphatic heterocycles. The molecule has 0 N–H and O–H groups in total. The number of fused-ring (bicyclic) bond motifs is 1. The molecule has 0 aromatic heterocycles. The minimum Gasteiger partial charge on any atom is -0.476 e. The number of hydrogen-bond donors (Lipinski definition) is 0. The van der Waals surface area contributed by atoms with Gasteiger partial charge in [0.15, 0.2) is 6.10 Å². The van der Waals surface area contributed by atoms with Crippen LogP contribution in [0, 0.1) is 6.92 Å². The van der Waals surface area contributed by atoms with E-state index >= 15 is 0 Å². The summed E-state index contributed by atoms with van der Waals surface area (Å²) in [5.74, 6) is 0.0408. The smallest absolute Gasteiger partial charge is 0.269 e. The van der Waals surface area contributed by atoms with Crippen LogP contribution in [0.1, 0.15) is 5.56 Å². The van der Waals surface area contributed by atoms with Gasteiger partial charge in [0.05, 0.1) is 17.1 Å². The SMILES string of the molecule is Cc1ccc(S(=O)(=O)N2C[C@@H](C(=O)N(C)c3ccccc3)Oc3ccccc32)cc1. The number of benzene rings is 3. The molecule has 4 rings (SSSR count). The molecule has 1 amide bonds. The maximum Gasteiger partial charge on any atom is 0.269 e. The van der Waals surface area contributed by atoms with E-state index in [4.69, 9.17) is 4.74 Å². The van der Waals surface area contributed by atoms with Crippen molar-refractivity contribution in [1.82, 2.24) is 0 Å². The number of hydrogen-bond acceptors (Lipinski definition) is 4. The third-order valence-corrected chi connectivity index (χ3v) is 6.89. The number of rotatable bonds is 4. The van der Waals surface area contributed by atoms with Crippen molar-refractivity contribution in [3.63, 3.8) is 0 Å². The maximum absolute atomic E-state index is 13.4. The van der Waals surface area contributed by atoms with Crippen LogP contribution in [-0.4, -0.2) is 34.0 Å². The predicted molar refractivity (Wildman–Crippen MR) is 116 cm³/mol. The highest BCUT2D eigenvalue weighted by Crippen LogP contribution is 2.37. The fraction of sp³-hybridized carbons (Fsp3) is 0.174. The van der Waals surface area contributed by atoms with Gasteiger partial charge < -0.3 is 9.64 Å². The summed E-state index contributed by atoms with van der Waals surface area (Å²) in [6.45, 7) is 1.79. The summed E-state index contributed by atoms with van der Waals surface area (Å²) in [6, 6.07) is 22.7. The number of anilines is 2. The second-order valence-electron chi connectivity index (χ2n) is 7.16. The van der Waals surface area contributed by atoms with Crippen LogP contribution < -0.4 is 13.9 Å². The van der Waals surface area contributed by atoms with E-state index in [0.29, 0.717) is 17.1 Å². The van der Waals surface area contributed by atoms with Crippen LogP contribution in [0.15, 0.2) is 83.8 Å². The molecule has 0 unspecified atom stereocenters.